The molecular formula is C13H23N5O3. The molecular weight excluding hydrogens is 274 g/mol. The van der Waals surface area contributed by atoms with Crippen LogP contribution in [0.5, 0.6) is 0 Å². The molecule has 0 fully saturated rings. The summed E-state index contributed by atoms with van der Waals surface area (Å²) >= 11 is 0. The van der Waals surface area contributed by atoms with Crippen molar-refractivity contribution in [2.24, 2.45) is 5.84 Å². The topological polar surface area (TPSA) is 111 Å². The molecule has 0 aliphatic heterocycles. The first kappa shape index (κ1) is 17.1. The molecule has 8 nitrogen and oxygen atoms in total. The van der Waals surface area contributed by atoms with Gasteiger partial charge in [0.1, 0.15) is 18.2 Å². The van der Waals surface area contributed by atoms with Gasteiger partial charge in [0, 0.05) is 25.6 Å². The molecule has 0 amide bonds. The van der Waals surface area contributed by atoms with Crippen molar-refractivity contribution in [1.29, 1.82) is 0 Å². The summed E-state index contributed by atoms with van der Waals surface area (Å²) in [4.78, 5) is 19.7. The summed E-state index contributed by atoms with van der Waals surface area (Å²) in [7, 11) is 0. The van der Waals surface area contributed by atoms with E-state index in [9.17, 15) is 4.79 Å². The summed E-state index contributed by atoms with van der Waals surface area (Å²) in [5.41, 5.74) is 2.49. The lowest BCUT2D eigenvalue weighted by molar-refractivity contribution is -0.143. The van der Waals surface area contributed by atoms with E-state index in [2.05, 4.69) is 20.7 Å². The summed E-state index contributed by atoms with van der Waals surface area (Å²) in [5.74, 6) is 6.87. The van der Waals surface area contributed by atoms with Crippen LogP contribution in [0.1, 0.15) is 32.5 Å². The van der Waals surface area contributed by atoms with E-state index in [0.717, 1.165) is 0 Å². The SMILES string of the molecule is CCOCc1nc(NN)cc(NCCCC(=O)OCC)n1. The van der Waals surface area contributed by atoms with Crippen molar-refractivity contribution >= 4 is 17.6 Å². The van der Waals surface area contributed by atoms with Gasteiger partial charge < -0.3 is 20.2 Å². The van der Waals surface area contributed by atoms with Crippen molar-refractivity contribution in [3.05, 3.63) is 11.9 Å². The summed E-state index contributed by atoms with van der Waals surface area (Å²) in [5, 5.41) is 3.12. The maximum Gasteiger partial charge on any atom is 0.305 e. The van der Waals surface area contributed by atoms with Gasteiger partial charge in [0.25, 0.3) is 0 Å². The monoisotopic (exact) mass is 297 g/mol. The number of anilines is 2. The fraction of sp³-hybridized carbons (Fsp3) is 0.615. The normalized spacial score (nSPS) is 10.2. The third-order valence-corrected chi connectivity index (χ3v) is 2.52. The van der Waals surface area contributed by atoms with Crippen LogP contribution in [-0.4, -0.2) is 35.7 Å². The van der Waals surface area contributed by atoms with E-state index in [4.69, 9.17) is 15.3 Å². The van der Waals surface area contributed by atoms with Crippen molar-refractivity contribution in [1.82, 2.24) is 9.97 Å². The van der Waals surface area contributed by atoms with Gasteiger partial charge in [-0.15, -0.1) is 0 Å². The number of nitrogens with one attached hydrogen (secondary N) is 2. The third-order valence-electron chi connectivity index (χ3n) is 2.52. The first-order valence-electron chi connectivity index (χ1n) is 7.01. The highest BCUT2D eigenvalue weighted by molar-refractivity contribution is 5.69. The van der Waals surface area contributed by atoms with Crippen LogP contribution in [0.15, 0.2) is 6.07 Å². The number of aromatic nitrogens is 2. The number of nitrogens with two attached hydrogens (primary N) is 1. The molecule has 1 heterocycles. The second-order valence-electron chi connectivity index (χ2n) is 4.17. The van der Waals surface area contributed by atoms with Gasteiger partial charge in [-0.25, -0.2) is 15.8 Å². The Morgan fingerprint density at radius 3 is 2.71 bits per heavy atom. The molecule has 0 unspecified atom stereocenters. The molecule has 21 heavy (non-hydrogen) atoms. The Labute approximate surface area is 124 Å². The van der Waals surface area contributed by atoms with Crippen LogP contribution in [0.3, 0.4) is 0 Å². The Kier molecular flexibility index (Phi) is 8.07. The largest absolute Gasteiger partial charge is 0.466 e. The van der Waals surface area contributed by atoms with Gasteiger partial charge in [0.05, 0.1) is 6.61 Å². The van der Waals surface area contributed by atoms with Crippen LogP contribution < -0.4 is 16.6 Å². The Balaban J connectivity index is 2.47. The number of carbonyl (C=O) groups is 1. The molecule has 0 aromatic carbocycles. The summed E-state index contributed by atoms with van der Waals surface area (Å²) in [6.07, 6.45) is 1.04. The molecule has 0 saturated carbocycles. The minimum absolute atomic E-state index is 0.191. The van der Waals surface area contributed by atoms with E-state index in [1.165, 1.54) is 0 Å². The van der Waals surface area contributed by atoms with E-state index in [1.54, 1.807) is 13.0 Å². The lowest BCUT2D eigenvalue weighted by Crippen LogP contribution is -2.14. The number of hydrazine groups is 1. The van der Waals surface area contributed by atoms with Gasteiger partial charge in [-0.3, -0.25) is 4.79 Å². The maximum absolute atomic E-state index is 11.2. The summed E-state index contributed by atoms with van der Waals surface area (Å²) < 4.78 is 10.1. The van der Waals surface area contributed by atoms with Crippen LogP contribution in [0, 0.1) is 0 Å². The lowest BCUT2D eigenvalue weighted by atomic mass is 10.3. The van der Waals surface area contributed by atoms with Crippen LogP contribution in [0.2, 0.25) is 0 Å². The van der Waals surface area contributed by atoms with Crippen molar-refractivity contribution < 1.29 is 14.3 Å². The van der Waals surface area contributed by atoms with Gasteiger partial charge in [-0.1, -0.05) is 0 Å². The molecule has 0 aliphatic rings. The zero-order valence-electron chi connectivity index (χ0n) is 12.5. The molecule has 0 atom stereocenters. The highest BCUT2D eigenvalue weighted by atomic mass is 16.5. The molecule has 1 aromatic heterocycles. The summed E-state index contributed by atoms with van der Waals surface area (Å²) in [6.45, 7) is 5.62. The van der Waals surface area contributed by atoms with E-state index in [-0.39, 0.29) is 5.97 Å². The Hall–Kier alpha value is -1.93. The highest BCUT2D eigenvalue weighted by Crippen LogP contribution is 2.11. The molecule has 118 valence electrons. The van der Waals surface area contributed by atoms with E-state index in [1.807, 2.05) is 6.92 Å². The average molecular weight is 297 g/mol. The molecule has 0 spiro atoms. The first-order valence-corrected chi connectivity index (χ1v) is 7.01. The van der Waals surface area contributed by atoms with Crippen molar-refractivity contribution in [3.8, 4) is 0 Å². The molecule has 0 bridgehead atoms. The number of nitrogen functional groups attached to an aromatic ring is 1. The Bertz CT molecular complexity index is 442. The fourth-order valence-corrected chi connectivity index (χ4v) is 1.60. The maximum atomic E-state index is 11.2. The van der Waals surface area contributed by atoms with Crippen molar-refractivity contribution in [2.45, 2.75) is 33.3 Å². The molecule has 1 rings (SSSR count). The van der Waals surface area contributed by atoms with Gasteiger partial charge in [0.2, 0.25) is 0 Å². The van der Waals surface area contributed by atoms with Crippen LogP contribution in [-0.2, 0) is 20.9 Å². The minimum atomic E-state index is -0.191. The van der Waals surface area contributed by atoms with E-state index in [0.29, 0.717) is 56.7 Å². The zero-order valence-corrected chi connectivity index (χ0v) is 12.5. The fourth-order valence-electron chi connectivity index (χ4n) is 1.60. The van der Waals surface area contributed by atoms with Crippen LogP contribution in [0.4, 0.5) is 11.6 Å². The number of hydrogen-bond donors (Lipinski definition) is 3. The lowest BCUT2D eigenvalue weighted by Gasteiger charge is -2.09. The molecule has 8 heteroatoms. The predicted octanol–water partition coefficient (Wildman–Crippen LogP) is 1.05. The summed E-state index contributed by atoms with van der Waals surface area (Å²) in [6, 6.07) is 1.69. The standard InChI is InChI=1S/C13H23N5O3/c1-3-20-9-12-16-10(8-11(17-12)18-14)15-7-5-6-13(19)21-4-2/h8H,3-7,9,14H2,1-2H3,(H2,15,16,17,18). The zero-order chi connectivity index (χ0) is 15.5. The van der Waals surface area contributed by atoms with E-state index >= 15 is 0 Å². The third kappa shape index (κ3) is 6.87. The quantitative estimate of drug-likeness (QED) is 0.254. The highest BCUT2D eigenvalue weighted by Gasteiger charge is 2.05. The second kappa shape index (κ2) is 9.89. The molecule has 4 N–H and O–H groups in total. The van der Waals surface area contributed by atoms with Gasteiger partial charge in [0.15, 0.2) is 5.82 Å². The van der Waals surface area contributed by atoms with Crippen molar-refractivity contribution in [2.75, 3.05) is 30.5 Å². The number of esters is 1. The molecule has 0 saturated heterocycles. The number of nitrogens with zero attached hydrogens (tertiary/aromatic N) is 2. The van der Waals surface area contributed by atoms with Gasteiger partial charge >= 0.3 is 5.97 Å². The van der Waals surface area contributed by atoms with Crippen LogP contribution in [0.25, 0.3) is 0 Å². The first-order chi connectivity index (χ1) is 10.2. The smallest absolute Gasteiger partial charge is 0.305 e. The number of ether oxygens (including phenoxy) is 2. The van der Waals surface area contributed by atoms with Crippen LogP contribution >= 0.6 is 0 Å². The second-order valence-corrected chi connectivity index (χ2v) is 4.17. The average Bonchev–Trinajstić information content (AvgIpc) is 2.49. The Morgan fingerprint density at radius 2 is 2.05 bits per heavy atom. The molecule has 0 aliphatic carbocycles. The minimum Gasteiger partial charge on any atom is -0.466 e. The van der Waals surface area contributed by atoms with E-state index < -0.39 is 0 Å². The number of carbonyl (C=O) groups excluding carboxylic acids is 1. The van der Waals surface area contributed by atoms with Crippen molar-refractivity contribution in [3.63, 3.8) is 0 Å². The van der Waals surface area contributed by atoms with Gasteiger partial charge in [-0.05, 0) is 20.3 Å². The number of rotatable bonds is 10. The predicted molar refractivity (Wildman–Crippen MR) is 79.5 cm³/mol. The molecule has 1 aromatic rings. The number of hydrogen-bond acceptors (Lipinski definition) is 8. The molecule has 0 radical (unpaired) electrons. The Morgan fingerprint density at radius 1 is 1.29 bits per heavy atom. The van der Waals surface area contributed by atoms with Gasteiger partial charge in [-0.2, -0.15) is 0 Å².